The summed E-state index contributed by atoms with van der Waals surface area (Å²) in [5.74, 6) is -0.355. The molecule has 3 heterocycles. The van der Waals surface area contributed by atoms with E-state index in [2.05, 4.69) is 10.4 Å². The Morgan fingerprint density at radius 3 is 2.50 bits per heavy atom. The number of piperidine rings is 1. The molecule has 0 unspecified atom stereocenters. The lowest BCUT2D eigenvalue weighted by Gasteiger charge is -2.30. The summed E-state index contributed by atoms with van der Waals surface area (Å²) in [4.78, 5) is 40.5. The zero-order valence-corrected chi connectivity index (χ0v) is 17.6. The topological polar surface area (TPSA) is 89.2 Å². The monoisotopic (exact) mass is 409 g/mol. The Kier molecular flexibility index (Phi) is 5.32. The lowest BCUT2D eigenvalue weighted by Crippen LogP contribution is -2.49. The Bertz CT molecular complexity index is 1170. The number of fused-ring (bicyclic) bond motifs is 3. The number of rotatable bonds is 4. The SMILES string of the molecule is C[C@H](C(=O)N[C@H](C)C(=O)N1CCCCC1)n1c2ccccc2c2cnn(C)c(=O)c21. The molecular weight excluding hydrogens is 382 g/mol. The van der Waals surface area contributed by atoms with Gasteiger partial charge in [0.1, 0.15) is 17.6 Å². The second-order valence-electron chi connectivity index (χ2n) is 8.01. The number of carbonyl (C=O) groups excluding carboxylic acids is 2. The van der Waals surface area contributed by atoms with Gasteiger partial charge in [-0.1, -0.05) is 18.2 Å². The second-order valence-corrected chi connectivity index (χ2v) is 8.01. The van der Waals surface area contributed by atoms with Gasteiger partial charge in [-0.05, 0) is 39.2 Å². The number of para-hydroxylation sites is 1. The van der Waals surface area contributed by atoms with E-state index in [1.54, 1.807) is 31.7 Å². The molecule has 158 valence electrons. The van der Waals surface area contributed by atoms with Crippen molar-refractivity contribution in [1.82, 2.24) is 24.6 Å². The number of likely N-dealkylation sites (tertiary alicyclic amines) is 1. The van der Waals surface area contributed by atoms with Gasteiger partial charge in [-0.3, -0.25) is 14.4 Å². The van der Waals surface area contributed by atoms with Crippen molar-refractivity contribution in [2.75, 3.05) is 13.1 Å². The van der Waals surface area contributed by atoms with Gasteiger partial charge in [-0.2, -0.15) is 5.10 Å². The highest BCUT2D eigenvalue weighted by Gasteiger charge is 2.27. The predicted molar refractivity (Wildman–Crippen MR) is 115 cm³/mol. The highest BCUT2D eigenvalue weighted by atomic mass is 16.2. The molecule has 1 aliphatic heterocycles. The molecule has 1 aliphatic rings. The van der Waals surface area contributed by atoms with Crippen LogP contribution in [0, 0.1) is 0 Å². The van der Waals surface area contributed by atoms with Crippen LogP contribution in [-0.2, 0) is 16.6 Å². The molecule has 8 nitrogen and oxygen atoms in total. The van der Waals surface area contributed by atoms with E-state index in [0.717, 1.165) is 43.3 Å². The molecule has 1 fully saturated rings. The molecule has 2 atom stereocenters. The average molecular weight is 409 g/mol. The number of hydrogen-bond donors (Lipinski definition) is 1. The quantitative estimate of drug-likeness (QED) is 0.713. The molecule has 30 heavy (non-hydrogen) atoms. The zero-order chi connectivity index (χ0) is 21.4. The first kappa shape index (κ1) is 20.1. The summed E-state index contributed by atoms with van der Waals surface area (Å²) in [7, 11) is 1.59. The van der Waals surface area contributed by atoms with Crippen LogP contribution in [0.4, 0.5) is 0 Å². The summed E-state index contributed by atoms with van der Waals surface area (Å²) < 4.78 is 3.02. The molecule has 0 bridgehead atoms. The van der Waals surface area contributed by atoms with Crippen LogP contribution in [0.2, 0.25) is 0 Å². The van der Waals surface area contributed by atoms with Gasteiger partial charge in [0.05, 0.1) is 11.7 Å². The van der Waals surface area contributed by atoms with E-state index in [-0.39, 0.29) is 17.4 Å². The standard InChI is InChI=1S/C22H27N5O3/c1-14(21(29)26-11-7-4-8-12-26)24-20(28)15(2)27-18-10-6-5-9-16(18)17-13-23-25(3)22(30)19(17)27/h5-6,9-10,13-15H,4,7-8,11-12H2,1-3H3,(H,24,28)/t14-,15-/m1/s1. The highest BCUT2D eigenvalue weighted by Crippen LogP contribution is 2.29. The first-order chi connectivity index (χ1) is 14.4. The van der Waals surface area contributed by atoms with Gasteiger partial charge in [-0.25, -0.2) is 4.68 Å². The maximum atomic E-state index is 13.1. The Hall–Kier alpha value is -3.16. The van der Waals surface area contributed by atoms with Crippen molar-refractivity contribution in [3.8, 4) is 0 Å². The zero-order valence-electron chi connectivity index (χ0n) is 17.6. The Morgan fingerprint density at radius 2 is 1.77 bits per heavy atom. The van der Waals surface area contributed by atoms with E-state index in [4.69, 9.17) is 0 Å². The van der Waals surface area contributed by atoms with Crippen molar-refractivity contribution in [1.29, 1.82) is 0 Å². The van der Waals surface area contributed by atoms with Crippen molar-refractivity contribution in [2.45, 2.75) is 45.2 Å². The Balaban J connectivity index is 1.67. The molecule has 4 rings (SSSR count). The molecule has 2 aromatic heterocycles. The fourth-order valence-corrected chi connectivity index (χ4v) is 4.29. The van der Waals surface area contributed by atoms with Crippen LogP contribution in [0.25, 0.3) is 21.8 Å². The smallest absolute Gasteiger partial charge is 0.291 e. The number of nitrogens with one attached hydrogen (secondary N) is 1. The average Bonchev–Trinajstić information content (AvgIpc) is 3.10. The van der Waals surface area contributed by atoms with Gasteiger partial charge in [0.15, 0.2) is 0 Å². The fraction of sp³-hybridized carbons (Fsp3) is 0.455. The molecule has 0 saturated carbocycles. The number of hydrogen-bond acceptors (Lipinski definition) is 4. The summed E-state index contributed by atoms with van der Waals surface area (Å²) in [6.45, 7) is 4.95. The summed E-state index contributed by atoms with van der Waals surface area (Å²) in [6, 6.07) is 6.30. The number of nitrogens with zero attached hydrogens (tertiary/aromatic N) is 4. The number of aromatic nitrogens is 3. The number of amides is 2. The Labute approximate surface area is 174 Å². The van der Waals surface area contributed by atoms with Crippen LogP contribution in [0.3, 0.4) is 0 Å². The first-order valence-electron chi connectivity index (χ1n) is 10.4. The third-order valence-corrected chi connectivity index (χ3v) is 5.97. The molecule has 2 amide bonds. The third-order valence-electron chi connectivity index (χ3n) is 5.97. The molecule has 0 spiro atoms. The van der Waals surface area contributed by atoms with E-state index < -0.39 is 12.1 Å². The van der Waals surface area contributed by atoms with Gasteiger partial charge in [0.25, 0.3) is 5.56 Å². The van der Waals surface area contributed by atoms with E-state index in [0.29, 0.717) is 10.9 Å². The molecule has 0 aliphatic carbocycles. The fourth-order valence-electron chi connectivity index (χ4n) is 4.29. The van der Waals surface area contributed by atoms with Gasteiger partial charge in [-0.15, -0.1) is 0 Å². The van der Waals surface area contributed by atoms with Crippen LogP contribution in [-0.4, -0.2) is 50.2 Å². The summed E-state index contributed by atoms with van der Waals surface area (Å²) in [6.07, 6.45) is 4.80. The van der Waals surface area contributed by atoms with Crippen molar-refractivity contribution in [3.05, 3.63) is 40.8 Å². The maximum absolute atomic E-state index is 13.1. The van der Waals surface area contributed by atoms with Gasteiger partial charge < -0.3 is 14.8 Å². The van der Waals surface area contributed by atoms with Gasteiger partial charge in [0, 0.05) is 30.9 Å². The van der Waals surface area contributed by atoms with Crippen molar-refractivity contribution >= 4 is 33.6 Å². The molecule has 1 N–H and O–H groups in total. The molecule has 1 aromatic carbocycles. The number of carbonyl (C=O) groups is 2. The number of benzene rings is 1. The van der Waals surface area contributed by atoms with Crippen molar-refractivity contribution in [3.63, 3.8) is 0 Å². The van der Waals surface area contributed by atoms with E-state index in [1.807, 2.05) is 29.2 Å². The minimum Gasteiger partial charge on any atom is -0.343 e. The summed E-state index contributed by atoms with van der Waals surface area (Å²) >= 11 is 0. The van der Waals surface area contributed by atoms with Crippen LogP contribution in [0.15, 0.2) is 35.3 Å². The normalized spacial score (nSPS) is 16.6. The van der Waals surface area contributed by atoms with E-state index in [9.17, 15) is 14.4 Å². The van der Waals surface area contributed by atoms with Gasteiger partial charge >= 0.3 is 0 Å². The molecule has 1 saturated heterocycles. The van der Waals surface area contributed by atoms with Crippen LogP contribution in [0.5, 0.6) is 0 Å². The minimum absolute atomic E-state index is 0.0578. The Morgan fingerprint density at radius 1 is 1.07 bits per heavy atom. The van der Waals surface area contributed by atoms with Crippen molar-refractivity contribution < 1.29 is 9.59 Å². The maximum Gasteiger partial charge on any atom is 0.291 e. The van der Waals surface area contributed by atoms with Gasteiger partial charge in [0.2, 0.25) is 11.8 Å². The predicted octanol–water partition coefficient (Wildman–Crippen LogP) is 1.97. The molecule has 3 aromatic rings. The van der Waals surface area contributed by atoms with Crippen LogP contribution >= 0.6 is 0 Å². The molecule has 0 radical (unpaired) electrons. The van der Waals surface area contributed by atoms with Crippen molar-refractivity contribution in [2.24, 2.45) is 7.05 Å². The largest absolute Gasteiger partial charge is 0.343 e. The highest BCUT2D eigenvalue weighted by molar-refractivity contribution is 6.08. The summed E-state index contributed by atoms with van der Waals surface area (Å²) in [5, 5.41) is 8.57. The first-order valence-corrected chi connectivity index (χ1v) is 10.4. The van der Waals surface area contributed by atoms with E-state index >= 15 is 0 Å². The summed E-state index contributed by atoms with van der Waals surface area (Å²) in [5.41, 5.74) is 0.961. The molecule has 8 heteroatoms. The number of aryl methyl sites for hydroxylation is 1. The lowest BCUT2D eigenvalue weighted by molar-refractivity contribution is -0.137. The van der Waals surface area contributed by atoms with Crippen LogP contribution in [0.1, 0.15) is 39.2 Å². The third kappa shape index (κ3) is 3.36. The molecular formula is C22H27N5O3. The lowest BCUT2D eigenvalue weighted by atomic mass is 10.1. The van der Waals surface area contributed by atoms with Crippen LogP contribution < -0.4 is 10.9 Å². The second kappa shape index (κ2) is 7.93. The van der Waals surface area contributed by atoms with E-state index in [1.165, 1.54) is 4.68 Å². The minimum atomic E-state index is -0.667.